The van der Waals surface area contributed by atoms with Crippen LogP contribution in [0.1, 0.15) is 45.1 Å². The molecule has 5 heteroatoms. The number of hydrogen-bond acceptors (Lipinski definition) is 2. The normalized spacial score (nSPS) is 16.3. The van der Waals surface area contributed by atoms with Crippen molar-refractivity contribution in [1.29, 1.82) is 0 Å². The van der Waals surface area contributed by atoms with Crippen molar-refractivity contribution in [3.05, 3.63) is 35.6 Å². The van der Waals surface area contributed by atoms with E-state index in [0.717, 1.165) is 31.2 Å². The molecule has 1 aromatic rings. The third-order valence-electron chi connectivity index (χ3n) is 4.50. The number of hydrogen-bond donors (Lipinski definition) is 2. The van der Waals surface area contributed by atoms with Gasteiger partial charge in [-0.1, -0.05) is 38.8 Å². The third kappa shape index (κ3) is 4.09. The molecule has 0 unspecified atom stereocenters. The molecule has 126 valence electrons. The summed E-state index contributed by atoms with van der Waals surface area (Å²) in [5, 5.41) is 5.68. The van der Waals surface area contributed by atoms with Crippen LogP contribution in [0.5, 0.6) is 0 Å². The lowest BCUT2D eigenvalue weighted by Gasteiger charge is -2.28. The fourth-order valence-corrected chi connectivity index (χ4v) is 3.15. The Morgan fingerprint density at radius 2 is 1.83 bits per heavy atom. The van der Waals surface area contributed by atoms with Crippen molar-refractivity contribution in [2.45, 2.75) is 44.9 Å². The minimum Gasteiger partial charge on any atom is -0.354 e. The predicted octanol–water partition coefficient (Wildman–Crippen LogP) is 2.53. The van der Waals surface area contributed by atoms with Crippen LogP contribution in [0.15, 0.2) is 24.3 Å². The van der Waals surface area contributed by atoms with Crippen molar-refractivity contribution < 1.29 is 14.0 Å². The summed E-state index contributed by atoms with van der Waals surface area (Å²) >= 11 is 0. The molecule has 2 rings (SSSR count). The van der Waals surface area contributed by atoms with Crippen molar-refractivity contribution >= 4 is 11.8 Å². The molecule has 0 aromatic heterocycles. The van der Waals surface area contributed by atoms with Gasteiger partial charge in [0.15, 0.2) is 0 Å². The van der Waals surface area contributed by atoms with Gasteiger partial charge < -0.3 is 10.6 Å². The SMILES string of the molecule is CC(C)C(=O)NCCNC(=O)C1(c2cccc(F)c2)CCCC1. The van der Waals surface area contributed by atoms with E-state index < -0.39 is 5.41 Å². The smallest absolute Gasteiger partial charge is 0.230 e. The molecule has 23 heavy (non-hydrogen) atoms. The first kappa shape index (κ1) is 17.4. The Kier molecular flexibility index (Phi) is 5.74. The molecule has 1 aliphatic rings. The van der Waals surface area contributed by atoms with Gasteiger partial charge in [0.25, 0.3) is 0 Å². The third-order valence-corrected chi connectivity index (χ3v) is 4.50. The van der Waals surface area contributed by atoms with Crippen LogP contribution in [0.25, 0.3) is 0 Å². The summed E-state index contributed by atoms with van der Waals surface area (Å²) in [5.41, 5.74) is 0.114. The largest absolute Gasteiger partial charge is 0.354 e. The fourth-order valence-electron chi connectivity index (χ4n) is 3.15. The molecule has 0 radical (unpaired) electrons. The minimum absolute atomic E-state index is 0.0278. The first-order valence-electron chi connectivity index (χ1n) is 8.28. The fraction of sp³-hybridized carbons (Fsp3) is 0.556. The van der Waals surface area contributed by atoms with E-state index in [4.69, 9.17) is 0 Å². The first-order chi connectivity index (χ1) is 11.0. The summed E-state index contributed by atoms with van der Waals surface area (Å²) in [6.45, 7) is 4.44. The molecule has 0 spiro atoms. The van der Waals surface area contributed by atoms with Crippen LogP contribution in [0.2, 0.25) is 0 Å². The van der Waals surface area contributed by atoms with E-state index in [1.165, 1.54) is 12.1 Å². The first-order valence-corrected chi connectivity index (χ1v) is 8.28. The molecule has 4 nitrogen and oxygen atoms in total. The molecule has 0 atom stereocenters. The highest BCUT2D eigenvalue weighted by molar-refractivity contribution is 5.88. The summed E-state index contributed by atoms with van der Waals surface area (Å²) in [7, 11) is 0. The van der Waals surface area contributed by atoms with Crippen LogP contribution in [0.3, 0.4) is 0 Å². The second-order valence-corrected chi connectivity index (χ2v) is 6.50. The second-order valence-electron chi connectivity index (χ2n) is 6.50. The van der Waals surface area contributed by atoms with Crippen molar-refractivity contribution in [3.63, 3.8) is 0 Å². The van der Waals surface area contributed by atoms with E-state index in [0.29, 0.717) is 13.1 Å². The molecule has 2 amide bonds. The number of carbonyl (C=O) groups excluding carboxylic acids is 2. The number of amides is 2. The summed E-state index contributed by atoms with van der Waals surface area (Å²) in [6, 6.07) is 6.34. The zero-order valence-corrected chi connectivity index (χ0v) is 13.8. The van der Waals surface area contributed by atoms with Crippen molar-refractivity contribution in [1.82, 2.24) is 10.6 Å². The molecule has 0 saturated heterocycles. The van der Waals surface area contributed by atoms with Crippen LogP contribution in [-0.4, -0.2) is 24.9 Å². The average Bonchev–Trinajstić information content (AvgIpc) is 3.02. The van der Waals surface area contributed by atoms with Gasteiger partial charge in [-0.15, -0.1) is 0 Å². The van der Waals surface area contributed by atoms with Crippen LogP contribution in [-0.2, 0) is 15.0 Å². The van der Waals surface area contributed by atoms with E-state index in [1.54, 1.807) is 6.07 Å². The maximum Gasteiger partial charge on any atom is 0.230 e. The van der Waals surface area contributed by atoms with Gasteiger partial charge in [-0.3, -0.25) is 9.59 Å². The zero-order chi connectivity index (χ0) is 16.9. The Morgan fingerprint density at radius 3 is 2.43 bits per heavy atom. The molecule has 1 aromatic carbocycles. The van der Waals surface area contributed by atoms with E-state index in [-0.39, 0.29) is 23.5 Å². The van der Waals surface area contributed by atoms with Gasteiger partial charge in [0.05, 0.1) is 5.41 Å². The van der Waals surface area contributed by atoms with Crippen molar-refractivity contribution in [2.24, 2.45) is 5.92 Å². The molecule has 0 heterocycles. The maximum absolute atomic E-state index is 13.5. The molecular formula is C18H25FN2O2. The molecule has 2 N–H and O–H groups in total. The summed E-state index contributed by atoms with van der Waals surface area (Å²) < 4.78 is 13.5. The predicted molar refractivity (Wildman–Crippen MR) is 87.4 cm³/mol. The molecule has 0 bridgehead atoms. The van der Waals surface area contributed by atoms with Crippen LogP contribution >= 0.6 is 0 Å². The van der Waals surface area contributed by atoms with Gasteiger partial charge in [-0.25, -0.2) is 4.39 Å². The Balaban J connectivity index is 1.98. The quantitative estimate of drug-likeness (QED) is 0.791. The van der Waals surface area contributed by atoms with Gasteiger partial charge in [0, 0.05) is 19.0 Å². The molecule has 0 aliphatic heterocycles. The molecular weight excluding hydrogens is 295 g/mol. The Bertz CT molecular complexity index is 566. The van der Waals surface area contributed by atoms with Gasteiger partial charge in [-0.2, -0.15) is 0 Å². The number of nitrogens with one attached hydrogen (secondary N) is 2. The number of carbonyl (C=O) groups is 2. The lowest BCUT2D eigenvalue weighted by Crippen LogP contribution is -2.45. The molecule has 1 aliphatic carbocycles. The minimum atomic E-state index is -0.635. The van der Waals surface area contributed by atoms with E-state index in [9.17, 15) is 14.0 Å². The van der Waals surface area contributed by atoms with Crippen LogP contribution < -0.4 is 10.6 Å². The number of halogens is 1. The highest BCUT2D eigenvalue weighted by atomic mass is 19.1. The van der Waals surface area contributed by atoms with Crippen LogP contribution in [0.4, 0.5) is 4.39 Å². The second kappa shape index (κ2) is 7.57. The molecule has 1 fully saturated rings. The van der Waals surface area contributed by atoms with E-state index in [1.807, 2.05) is 19.9 Å². The Morgan fingerprint density at radius 1 is 1.17 bits per heavy atom. The summed E-state index contributed by atoms with van der Waals surface area (Å²) in [6.07, 6.45) is 3.41. The highest BCUT2D eigenvalue weighted by Crippen LogP contribution is 2.41. The van der Waals surface area contributed by atoms with Gasteiger partial charge in [0.1, 0.15) is 5.82 Å². The van der Waals surface area contributed by atoms with Crippen LogP contribution in [0, 0.1) is 11.7 Å². The summed E-state index contributed by atoms with van der Waals surface area (Å²) in [5.74, 6) is -0.482. The van der Waals surface area contributed by atoms with Crippen molar-refractivity contribution in [3.8, 4) is 0 Å². The number of rotatable bonds is 6. The van der Waals surface area contributed by atoms with Crippen molar-refractivity contribution in [2.75, 3.05) is 13.1 Å². The van der Waals surface area contributed by atoms with Gasteiger partial charge >= 0.3 is 0 Å². The van der Waals surface area contributed by atoms with E-state index in [2.05, 4.69) is 10.6 Å². The lowest BCUT2D eigenvalue weighted by atomic mass is 9.78. The van der Waals surface area contributed by atoms with Gasteiger partial charge in [0.2, 0.25) is 11.8 Å². The summed E-state index contributed by atoms with van der Waals surface area (Å²) in [4.78, 5) is 24.2. The van der Waals surface area contributed by atoms with Gasteiger partial charge in [-0.05, 0) is 30.5 Å². The lowest BCUT2D eigenvalue weighted by molar-refractivity contribution is -0.127. The highest BCUT2D eigenvalue weighted by Gasteiger charge is 2.42. The zero-order valence-electron chi connectivity index (χ0n) is 13.8. The molecule has 1 saturated carbocycles. The van der Waals surface area contributed by atoms with E-state index >= 15 is 0 Å². The standard InChI is InChI=1S/C18H25FN2O2/c1-13(2)16(22)20-10-11-21-17(23)18(8-3-4-9-18)14-6-5-7-15(19)12-14/h5-7,12-13H,3-4,8-11H2,1-2H3,(H,20,22)(H,21,23). The number of benzene rings is 1. The topological polar surface area (TPSA) is 58.2 Å². The Labute approximate surface area is 136 Å². The maximum atomic E-state index is 13.5. The average molecular weight is 320 g/mol. The monoisotopic (exact) mass is 320 g/mol. The Hall–Kier alpha value is -1.91.